The molecule has 0 aliphatic rings. The first-order chi connectivity index (χ1) is 8.09. The monoisotopic (exact) mass is 275 g/mol. The summed E-state index contributed by atoms with van der Waals surface area (Å²) in [5.41, 5.74) is 4.84. The number of nitrogens with two attached hydrogens (primary N) is 1. The molecule has 0 fully saturated rings. The molecule has 18 heavy (non-hydrogen) atoms. The standard InChI is InChI=1S/C9H11F6N3/c1-2-18-5(3-4-17-18)6(16)7(8(10,11)12)9(13,14)15/h3-4,6-7H,2,16H2,1H3. The Hall–Kier alpha value is -1.25. The lowest BCUT2D eigenvalue weighted by molar-refractivity contribution is -0.290. The van der Waals surface area contributed by atoms with E-state index in [0.29, 0.717) is 0 Å². The number of rotatable bonds is 3. The molecule has 1 unspecified atom stereocenters. The van der Waals surface area contributed by atoms with E-state index < -0.39 is 24.3 Å². The summed E-state index contributed by atoms with van der Waals surface area (Å²) in [6.45, 7) is 1.68. The number of alkyl halides is 6. The van der Waals surface area contributed by atoms with Crippen LogP contribution >= 0.6 is 0 Å². The molecule has 104 valence electrons. The molecule has 0 aliphatic heterocycles. The van der Waals surface area contributed by atoms with Crippen molar-refractivity contribution < 1.29 is 26.3 Å². The van der Waals surface area contributed by atoms with Gasteiger partial charge in [0.25, 0.3) is 0 Å². The summed E-state index contributed by atoms with van der Waals surface area (Å²) in [6, 6.07) is -1.17. The van der Waals surface area contributed by atoms with Crippen LogP contribution in [0.25, 0.3) is 0 Å². The van der Waals surface area contributed by atoms with E-state index in [4.69, 9.17) is 5.73 Å². The lowest BCUT2D eigenvalue weighted by atomic mass is 9.96. The SMILES string of the molecule is CCn1nccc1C(N)C(C(F)(F)F)C(F)(F)F. The van der Waals surface area contributed by atoms with Gasteiger partial charge in [0.2, 0.25) is 0 Å². The highest BCUT2D eigenvalue weighted by atomic mass is 19.4. The zero-order valence-corrected chi connectivity index (χ0v) is 9.26. The second kappa shape index (κ2) is 4.79. The second-order valence-corrected chi connectivity index (χ2v) is 3.66. The second-order valence-electron chi connectivity index (χ2n) is 3.66. The van der Waals surface area contributed by atoms with E-state index in [2.05, 4.69) is 5.10 Å². The summed E-state index contributed by atoms with van der Waals surface area (Å²) in [5, 5.41) is 3.60. The molecule has 1 heterocycles. The molecule has 1 aromatic rings. The van der Waals surface area contributed by atoms with E-state index in [-0.39, 0.29) is 12.2 Å². The first kappa shape index (κ1) is 14.8. The van der Waals surface area contributed by atoms with Crippen molar-refractivity contribution in [2.24, 2.45) is 11.7 Å². The lowest BCUT2D eigenvalue weighted by Gasteiger charge is -2.28. The Bertz CT molecular complexity index is 380. The van der Waals surface area contributed by atoms with Gasteiger partial charge in [0.1, 0.15) is 0 Å². The third kappa shape index (κ3) is 2.95. The van der Waals surface area contributed by atoms with Crippen molar-refractivity contribution in [1.29, 1.82) is 0 Å². The van der Waals surface area contributed by atoms with E-state index >= 15 is 0 Å². The van der Waals surface area contributed by atoms with Gasteiger partial charge in [-0.25, -0.2) is 0 Å². The molecule has 0 aromatic carbocycles. The maximum atomic E-state index is 12.5. The van der Waals surface area contributed by atoms with Gasteiger partial charge in [-0.1, -0.05) is 0 Å². The van der Waals surface area contributed by atoms with Gasteiger partial charge in [0.15, 0.2) is 5.92 Å². The first-order valence-electron chi connectivity index (χ1n) is 4.99. The fourth-order valence-electron chi connectivity index (χ4n) is 1.65. The quantitative estimate of drug-likeness (QED) is 0.862. The fraction of sp³-hybridized carbons (Fsp3) is 0.667. The highest BCUT2D eigenvalue weighted by Gasteiger charge is 2.60. The molecular formula is C9H11F6N3. The molecule has 0 bridgehead atoms. The van der Waals surface area contributed by atoms with Crippen LogP contribution in [0.4, 0.5) is 26.3 Å². The molecule has 0 radical (unpaired) electrons. The van der Waals surface area contributed by atoms with E-state index in [0.717, 1.165) is 16.9 Å². The van der Waals surface area contributed by atoms with Crippen molar-refractivity contribution in [2.75, 3.05) is 0 Å². The predicted molar refractivity (Wildman–Crippen MR) is 50.4 cm³/mol. The Labute approximate surface area is 98.6 Å². The van der Waals surface area contributed by atoms with E-state index in [1.807, 2.05) is 0 Å². The molecule has 1 atom stereocenters. The number of hydrogen-bond donors (Lipinski definition) is 1. The number of hydrogen-bond acceptors (Lipinski definition) is 2. The summed E-state index contributed by atoms with van der Waals surface area (Å²) in [4.78, 5) is 0. The van der Waals surface area contributed by atoms with Crippen molar-refractivity contribution in [2.45, 2.75) is 31.9 Å². The van der Waals surface area contributed by atoms with Crippen molar-refractivity contribution in [1.82, 2.24) is 9.78 Å². The van der Waals surface area contributed by atoms with Crippen molar-refractivity contribution in [3.05, 3.63) is 18.0 Å². The smallest absolute Gasteiger partial charge is 0.322 e. The Kier molecular flexibility index (Phi) is 3.94. The van der Waals surface area contributed by atoms with Crippen molar-refractivity contribution >= 4 is 0 Å². The van der Waals surface area contributed by atoms with Gasteiger partial charge in [0.05, 0.1) is 11.7 Å². The van der Waals surface area contributed by atoms with Crippen LogP contribution in [0.1, 0.15) is 18.7 Å². The molecule has 0 spiro atoms. The van der Waals surface area contributed by atoms with Gasteiger partial charge in [-0.2, -0.15) is 31.4 Å². The van der Waals surface area contributed by atoms with Crippen LogP contribution < -0.4 is 5.73 Å². The minimum absolute atomic E-state index is 0.137. The van der Waals surface area contributed by atoms with E-state index in [9.17, 15) is 26.3 Å². The average molecular weight is 275 g/mol. The number of nitrogens with zero attached hydrogens (tertiary/aromatic N) is 2. The largest absolute Gasteiger partial charge is 0.402 e. The molecule has 2 N–H and O–H groups in total. The van der Waals surface area contributed by atoms with Crippen LogP contribution in [-0.4, -0.2) is 22.1 Å². The zero-order chi connectivity index (χ0) is 14.1. The van der Waals surface area contributed by atoms with Gasteiger partial charge in [0, 0.05) is 12.7 Å². The summed E-state index contributed by atoms with van der Waals surface area (Å²) in [5.74, 6) is -3.60. The van der Waals surface area contributed by atoms with Crippen molar-refractivity contribution in [3.8, 4) is 0 Å². The summed E-state index contributed by atoms with van der Waals surface area (Å²) in [6.07, 6.45) is -9.80. The zero-order valence-electron chi connectivity index (χ0n) is 9.26. The van der Waals surface area contributed by atoms with Crippen LogP contribution in [0.5, 0.6) is 0 Å². The Morgan fingerprint density at radius 3 is 2.11 bits per heavy atom. The average Bonchev–Trinajstić information content (AvgIpc) is 2.59. The van der Waals surface area contributed by atoms with Gasteiger partial charge in [-0.05, 0) is 13.0 Å². The molecule has 0 saturated carbocycles. The minimum Gasteiger partial charge on any atom is -0.322 e. The van der Waals surface area contributed by atoms with Gasteiger partial charge in [-0.3, -0.25) is 4.68 Å². The Morgan fingerprint density at radius 1 is 1.22 bits per heavy atom. The minimum atomic E-state index is -5.46. The fourth-order valence-corrected chi connectivity index (χ4v) is 1.65. The third-order valence-electron chi connectivity index (χ3n) is 2.45. The van der Waals surface area contributed by atoms with Crippen molar-refractivity contribution in [3.63, 3.8) is 0 Å². The molecule has 1 rings (SSSR count). The molecular weight excluding hydrogens is 264 g/mol. The lowest BCUT2D eigenvalue weighted by Crippen LogP contribution is -2.44. The predicted octanol–water partition coefficient (Wildman–Crippen LogP) is 2.64. The van der Waals surface area contributed by atoms with Gasteiger partial charge < -0.3 is 5.73 Å². The maximum Gasteiger partial charge on any atom is 0.402 e. The summed E-state index contributed by atoms with van der Waals surface area (Å²) < 4.78 is 75.8. The Balaban J connectivity index is 3.16. The Morgan fingerprint density at radius 2 is 1.72 bits per heavy atom. The molecule has 0 amide bonds. The molecule has 3 nitrogen and oxygen atoms in total. The van der Waals surface area contributed by atoms with E-state index in [1.165, 1.54) is 0 Å². The van der Waals surface area contributed by atoms with Gasteiger partial charge in [-0.15, -0.1) is 0 Å². The molecule has 0 aliphatic carbocycles. The number of aryl methyl sites for hydroxylation is 1. The molecule has 9 heteroatoms. The van der Waals surface area contributed by atoms with Crippen LogP contribution in [0.15, 0.2) is 12.3 Å². The van der Waals surface area contributed by atoms with Crippen LogP contribution in [0.2, 0.25) is 0 Å². The van der Waals surface area contributed by atoms with Crippen LogP contribution in [0.3, 0.4) is 0 Å². The molecule has 0 saturated heterocycles. The van der Waals surface area contributed by atoms with Crippen LogP contribution in [0, 0.1) is 5.92 Å². The molecule has 1 aromatic heterocycles. The third-order valence-corrected chi connectivity index (χ3v) is 2.45. The normalized spacial score (nSPS) is 15.2. The van der Waals surface area contributed by atoms with E-state index in [1.54, 1.807) is 6.92 Å². The number of halogens is 6. The topological polar surface area (TPSA) is 43.8 Å². The highest BCUT2D eigenvalue weighted by molar-refractivity contribution is 5.10. The maximum absolute atomic E-state index is 12.5. The van der Waals surface area contributed by atoms with Crippen LogP contribution in [-0.2, 0) is 6.54 Å². The van der Waals surface area contributed by atoms with Gasteiger partial charge >= 0.3 is 12.4 Å². The summed E-state index contributed by atoms with van der Waals surface area (Å²) >= 11 is 0. The first-order valence-corrected chi connectivity index (χ1v) is 4.99. The number of aromatic nitrogens is 2. The summed E-state index contributed by atoms with van der Waals surface area (Å²) in [7, 11) is 0. The highest BCUT2D eigenvalue weighted by Crippen LogP contribution is 2.45.